The van der Waals surface area contributed by atoms with Gasteiger partial charge in [0.05, 0.1) is 12.6 Å². The Bertz CT molecular complexity index is 434. The molecule has 0 aromatic carbocycles. The molecule has 2 heterocycles. The van der Waals surface area contributed by atoms with Crippen molar-refractivity contribution in [3.05, 3.63) is 0 Å². The van der Waals surface area contributed by atoms with E-state index >= 15 is 0 Å². The van der Waals surface area contributed by atoms with E-state index in [1.54, 1.807) is 0 Å². The lowest BCUT2D eigenvalue weighted by atomic mass is 9.87. The molecule has 3 fully saturated rings. The summed E-state index contributed by atoms with van der Waals surface area (Å²) in [6.07, 6.45) is 6.73. The summed E-state index contributed by atoms with van der Waals surface area (Å²) in [5.74, 6) is 1.19. The van der Waals surface area contributed by atoms with Crippen LogP contribution in [-0.4, -0.2) is 73.0 Å². The number of amides is 2. The second kappa shape index (κ2) is 8.30. The Kier molecular flexibility index (Phi) is 6.11. The first-order valence-corrected chi connectivity index (χ1v) is 9.65. The van der Waals surface area contributed by atoms with Crippen LogP contribution < -0.4 is 10.6 Å². The van der Waals surface area contributed by atoms with Crippen molar-refractivity contribution < 1.29 is 9.59 Å². The van der Waals surface area contributed by atoms with Gasteiger partial charge in [-0.3, -0.25) is 14.5 Å². The fourth-order valence-electron chi connectivity index (χ4n) is 4.12. The van der Waals surface area contributed by atoms with Gasteiger partial charge in [0.15, 0.2) is 0 Å². The SMILES string of the molecule is CC1CCC(NC(=O)CN2CCN(C(=O)[C@@H]3CCCN3)CC2)CC1. The average molecular weight is 336 g/mol. The van der Waals surface area contributed by atoms with Gasteiger partial charge in [-0.2, -0.15) is 0 Å². The molecule has 2 N–H and O–H groups in total. The van der Waals surface area contributed by atoms with Crippen molar-refractivity contribution >= 4 is 11.8 Å². The van der Waals surface area contributed by atoms with E-state index in [9.17, 15) is 9.59 Å². The Morgan fingerprint density at radius 3 is 2.38 bits per heavy atom. The van der Waals surface area contributed by atoms with Crippen LogP contribution in [-0.2, 0) is 9.59 Å². The van der Waals surface area contributed by atoms with E-state index in [1.165, 1.54) is 12.8 Å². The number of hydrogen-bond donors (Lipinski definition) is 2. The Labute approximate surface area is 145 Å². The number of rotatable bonds is 4. The molecule has 6 heteroatoms. The third-order valence-electron chi connectivity index (χ3n) is 5.79. The number of nitrogens with one attached hydrogen (secondary N) is 2. The van der Waals surface area contributed by atoms with Crippen LogP contribution in [0.1, 0.15) is 45.4 Å². The molecular formula is C18H32N4O2. The lowest BCUT2D eigenvalue weighted by molar-refractivity contribution is -0.135. The summed E-state index contributed by atoms with van der Waals surface area (Å²) < 4.78 is 0. The highest BCUT2D eigenvalue weighted by molar-refractivity contribution is 5.82. The highest BCUT2D eigenvalue weighted by atomic mass is 16.2. The van der Waals surface area contributed by atoms with Gasteiger partial charge < -0.3 is 15.5 Å². The molecule has 3 rings (SSSR count). The molecule has 0 bridgehead atoms. The predicted molar refractivity (Wildman–Crippen MR) is 93.6 cm³/mol. The zero-order valence-corrected chi connectivity index (χ0v) is 14.9. The van der Waals surface area contributed by atoms with E-state index in [-0.39, 0.29) is 17.9 Å². The van der Waals surface area contributed by atoms with Crippen molar-refractivity contribution in [3.63, 3.8) is 0 Å². The first kappa shape index (κ1) is 17.7. The molecule has 1 saturated carbocycles. The van der Waals surface area contributed by atoms with Crippen molar-refractivity contribution in [1.82, 2.24) is 20.4 Å². The van der Waals surface area contributed by atoms with Crippen LogP contribution in [0.25, 0.3) is 0 Å². The van der Waals surface area contributed by atoms with Crippen LogP contribution in [0.2, 0.25) is 0 Å². The van der Waals surface area contributed by atoms with Crippen LogP contribution in [0.5, 0.6) is 0 Å². The standard InChI is InChI=1S/C18H32N4O2/c1-14-4-6-15(7-5-14)20-17(23)13-21-9-11-22(12-10-21)18(24)16-3-2-8-19-16/h14-16,19H,2-13H2,1H3,(H,20,23)/t14?,15?,16-/m0/s1. The van der Waals surface area contributed by atoms with E-state index < -0.39 is 0 Å². The number of nitrogens with zero attached hydrogens (tertiary/aromatic N) is 2. The largest absolute Gasteiger partial charge is 0.352 e. The minimum Gasteiger partial charge on any atom is -0.352 e. The smallest absolute Gasteiger partial charge is 0.239 e. The molecule has 2 saturated heterocycles. The van der Waals surface area contributed by atoms with Gasteiger partial charge in [-0.1, -0.05) is 6.92 Å². The van der Waals surface area contributed by atoms with Gasteiger partial charge in [0.1, 0.15) is 0 Å². The summed E-state index contributed by atoms with van der Waals surface area (Å²) in [7, 11) is 0. The molecule has 1 aliphatic carbocycles. The lowest BCUT2D eigenvalue weighted by Crippen LogP contribution is -2.54. The van der Waals surface area contributed by atoms with Gasteiger partial charge in [0.25, 0.3) is 0 Å². The zero-order valence-electron chi connectivity index (χ0n) is 14.9. The van der Waals surface area contributed by atoms with E-state index in [0.29, 0.717) is 12.6 Å². The zero-order chi connectivity index (χ0) is 16.9. The monoisotopic (exact) mass is 336 g/mol. The maximum Gasteiger partial charge on any atom is 0.239 e. The summed E-state index contributed by atoms with van der Waals surface area (Å²) in [6.45, 7) is 6.80. The summed E-state index contributed by atoms with van der Waals surface area (Å²) in [6, 6.07) is 0.388. The van der Waals surface area contributed by atoms with Crippen LogP contribution >= 0.6 is 0 Å². The predicted octanol–water partition coefficient (Wildman–Crippen LogP) is 0.578. The van der Waals surface area contributed by atoms with Crippen LogP contribution in [0, 0.1) is 5.92 Å². The minimum absolute atomic E-state index is 0.0218. The van der Waals surface area contributed by atoms with Crippen LogP contribution in [0.15, 0.2) is 0 Å². The molecule has 24 heavy (non-hydrogen) atoms. The number of hydrogen-bond acceptors (Lipinski definition) is 4. The molecule has 6 nitrogen and oxygen atoms in total. The molecule has 2 aliphatic heterocycles. The molecular weight excluding hydrogens is 304 g/mol. The second-order valence-corrected chi connectivity index (χ2v) is 7.77. The quantitative estimate of drug-likeness (QED) is 0.788. The van der Waals surface area contributed by atoms with Gasteiger partial charge in [-0.25, -0.2) is 0 Å². The molecule has 0 spiro atoms. The van der Waals surface area contributed by atoms with Crippen molar-refractivity contribution in [3.8, 4) is 0 Å². The first-order valence-electron chi connectivity index (χ1n) is 9.65. The summed E-state index contributed by atoms with van der Waals surface area (Å²) in [5, 5.41) is 6.47. The maximum atomic E-state index is 12.4. The Balaban J connectivity index is 1.35. The lowest BCUT2D eigenvalue weighted by Gasteiger charge is -2.36. The van der Waals surface area contributed by atoms with E-state index in [2.05, 4.69) is 22.5 Å². The van der Waals surface area contributed by atoms with Crippen molar-refractivity contribution in [2.24, 2.45) is 5.92 Å². The van der Waals surface area contributed by atoms with E-state index in [4.69, 9.17) is 0 Å². The fourth-order valence-corrected chi connectivity index (χ4v) is 4.12. The molecule has 136 valence electrons. The Hall–Kier alpha value is -1.14. The molecule has 0 aromatic heterocycles. The van der Waals surface area contributed by atoms with Gasteiger partial charge in [0, 0.05) is 32.2 Å². The fraction of sp³-hybridized carbons (Fsp3) is 0.889. The molecule has 3 aliphatic rings. The summed E-state index contributed by atoms with van der Waals surface area (Å²) in [5.41, 5.74) is 0. The third kappa shape index (κ3) is 4.70. The molecule has 2 amide bonds. The van der Waals surface area contributed by atoms with Crippen molar-refractivity contribution in [2.45, 2.75) is 57.5 Å². The summed E-state index contributed by atoms with van der Waals surface area (Å²) in [4.78, 5) is 28.8. The molecule has 0 radical (unpaired) electrons. The van der Waals surface area contributed by atoms with Crippen LogP contribution in [0.4, 0.5) is 0 Å². The van der Waals surface area contributed by atoms with E-state index in [1.807, 2.05) is 4.90 Å². The highest BCUT2D eigenvalue weighted by Crippen LogP contribution is 2.23. The molecule has 0 unspecified atom stereocenters. The van der Waals surface area contributed by atoms with Crippen molar-refractivity contribution in [2.75, 3.05) is 39.3 Å². The number of carbonyl (C=O) groups excluding carboxylic acids is 2. The molecule has 1 atom stereocenters. The van der Waals surface area contributed by atoms with Crippen molar-refractivity contribution in [1.29, 1.82) is 0 Å². The van der Waals surface area contributed by atoms with Gasteiger partial charge in [0.2, 0.25) is 11.8 Å². The van der Waals surface area contributed by atoms with Crippen LogP contribution in [0.3, 0.4) is 0 Å². The van der Waals surface area contributed by atoms with E-state index in [0.717, 1.165) is 64.3 Å². The highest BCUT2D eigenvalue weighted by Gasteiger charge is 2.29. The summed E-state index contributed by atoms with van der Waals surface area (Å²) >= 11 is 0. The van der Waals surface area contributed by atoms with Gasteiger partial charge in [-0.15, -0.1) is 0 Å². The Morgan fingerprint density at radius 2 is 1.75 bits per heavy atom. The normalized spacial score (nSPS) is 31.9. The molecule has 0 aromatic rings. The second-order valence-electron chi connectivity index (χ2n) is 7.77. The Morgan fingerprint density at radius 1 is 1.04 bits per heavy atom. The third-order valence-corrected chi connectivity index (χ3v) is 5.79. The average Bonchev–Trinajstić information content (AvgIpc) is 3.11. The topological polar surface area (TPSA) is 64.7 Å². The number of piperazine rings is 1. The maximum absolute atomic E-state index is 12.4. The number of carbonyl (C=O) groups is 2. The van der Waals surface area contributed by atoms with Gasteiger partial charge in [-0.05, 0) is 51.0 Å². The van der Waals surface area contributed by atoms with Gasteiger partial charge >= 0.3 is 0 Å². The first-order chi connectivity index (χ1) is 11.6. The minimum atomic E-state index is 0.0218.